The quantitative estimate of drug-likeness (QED) is 0.0885. The van der Waals surface area contributed by atoms with E-state index in [1.54, 1.807) is 13.8 Å². The lowest BCUT2D eigenvalue weighted by Gasteiger charge is -2.15. The van der Waals surface area contributed by atoms with Gasteiger partial charge in [-0.05, 0) is 111 Å². The van der Waals surface area contributed by atoms with Crippen LogP contribution in [0.3, 0.4) is 0 Å². The monoisotopic (exact) mass is 658 g/mol. The fourth-order valence-electron chi connectivity index (χ4n) is 4.69. The van der Waals surface area contributed by atoms with Gasteiger partial charge in [0.2, 0.25) is 0 Å². The smallest absolute Gasteiger partial charge is 0.119 e. The molecule has 4 aromatic carbocycles. The summed E-state index contributed by atoms with van der Waals surface area (Å²) in [5.41, 5.74) is 4.41. The second kappa shape index (κ2) is 19.7. The van der Waals surface area contributed by atoms with Gasteiger partial charge in [-0.3, -0.25) is 0 Å². The minimum absolute atomic E-state index is 0.0979. The van der Waals surface area contributed by atoms with E-state index in [-0.39, 0.29) is 12.2 Å². The summed E-state index contributed by atoms with van der Waals surface area (Å²) in [5.74, 6) is 3.25. The van der Waals surface area contributed by atoms with E-state index < -0.39 is 12.2 Å². The number of hydrogen-bond donors (Lipinski definition) is 2. The number of benzene rings is 4. The molecule has 258 valence electrons. The maximum atomic E-state index is 9.34. The van der Waals surface area contributed by atoms with Gasteiger partial charge in [0.15, 0.2) is 0 Å². The van der Waals surface area contributed by atoms with Crippen LogP contribution in [0.4, 0.5) is 0 Å². The first-order valence-electron chi connectivity index (χ1n) is 16.8. The molecule has 0 aliphatic heterocycles. The molecule has 0 aliphatic carbocycles. The van der Waals surface area contributed by atoms with Gasteiger partial charge < -0.3 is 38.6 Å². The van der Waals surface area contributed by atoms with Crippen LogP contribution in [0.5, 0.6) is 23.0 Å². The highest BCUT2D eigenvalue weighted by molar-refractivity contribution is 5.65. The number of hydrogen-bond acceptors (Lipinski definition) is 8. The Bertz CT molecular complexity index is 1320. The van der Waals surface area contributed by atoms with E-state index in [2.05, 4.69) is 24.3 Å². The highest BCUT2D eigenvalue weighted by Crippen LogP contribution is 2.26. The summed E-state index contributed by atoms with van der Waals surface area (Å²) in [6, 6.07) is 32.2. The van der Waals surface area contributed by atoms with Gasteiger partial charge in [0.25, 0.3) is 0 Å². The van der Waals surface area contributed by atoms with E-state index in [1.165, 1.54) is 0 Å². The molecular formula is C40H50O8. The molecule has 2 N–H and O–H groups in total. The second-order valence-electron chi connectivity index (χ2n) is 12.1. The van der Waals surface area contributed by atoms with Crippen LogP contribution in [-0.2, 0) is 9.47 Å². The molecule has 8 nitrogen and oxygen atoms in total. The van der Waals surface area contributed by atoms with Crippen LogP contribution in [0, 0.1) is 0 Å². The van der Waals surface area contributed by atoms with Gasteiger partial charge >= 0.3 is 0 Å². The minimum Gasteiger partial charge on any atom is -0.494 e. The average Bonchev–Trinajstić information content (AvgIpc) is 3.10. The molecule has 4 aromatic rings. The third-order valence-electron chi connectivity index (χ3n) is 7.37. The maximum absolute atomic E-state index is 9.34. The summed E-state index contributed by atoms with van der Waals surface area (Å²) in [7, 11) is 0. The summed E-state index contributed by atoms with van der Waals surface area (Å²) in [6.45, 7) is 9.96. The lowest BCUT2D eigenvalue weighted by atomic mass is 10.1. The van der Waals surface area contributed by atoms with Crippen LogP contribution in [0.1, 0.15) is 40.5 Å². The molecule has 0 saturated heterocycles. The fourth-order valence-corrected chi connectivity index (χ4v) is 4.69. The van der Waals surface area contributed by atoms with Crippen LogP contribution in [0.15, 0.2) is 97.1 Å². The first-order chi connectivity index (χ1) is 23.2. The molecule has 48 heavy (non-hydrogen) atoms. The Morgan fingerprint density at radius 3 is 0.938 bits per heavy atom. The number of rotatable bonds is 21. The summed E-state index contributed by atoms with van der Waals surface area (Å²) in [6.07, 6.45) is 0.622. The van der Waals surface area contributed by atoms with E-state index in [1.807, 2.05) is 86.6 Å². The largest absolute Gasteiger partial charge is 0.494 e. The number of unbranched alkanes of at least 4 members (excludes halogenated alkanes) is 1. The molecule has 0 fully saturated rings. The van der Waals surface area contributed by atoms with Crippen molar-refractivity contribution in [3.8, 4) is 45.3 Å². The van der Waals surface area contributed by atoms with Crippen molar-refractivity contribution >= 4 is 0 Å². The third-order valence-corrected chi connectivity index (χ3v) is 7.37. The molecule has 0 aromatic heterocycles. The minimum atomic E-state index is -0.484. The maximum Gasteiger partial charge on any atom is 0.119 e. The van der Waals surface area contributed by atoms with Crippen molar-refractivity contribution in [3.63, 3.8) is 0 Å². The van der Waals surface area contributed by atoms with E-state index in [4.69, 9.17) is 28.4 Å². The number of ether oxygens (including phenoxy) is 6. The molecular weight excluding hydrogens is 608 g/mol. The normalized spacial score (nSPS) is 13.7. The lowest BCUT2D eigenvalue weighted by Crippen LogP contribution is -2.22. The fraction of sp³-hybridized carbons (Fsp3) is 0.400. The standard InChI is InChI=1S/C40H50O8/c1-29(41)25-45-31(3)27-47-39-19-11-35(12-20-39)33-7-15-37(16-8-33)43-23-5-6-24-44-38-17-9-34(10-18-38)36-13-21-40(22-14-36)48-28-32(4)46-26-30(2)42/h7-22,29-32,41-42H,5-6,23-28H2,1-4H3. The molecule has 0 bridgehead atoms. The number of aliphatic hydroxyl groups excluding tert-OH is 2. The van der Waals surface area contributed by atoms with E-state index in [0.29, 0.717) is 39.6 Å². The summed E-state index contributed by atoms with van der Waals surface area (Å²) in [5, 5.41) is 18.7. The molecule has 0 heterocycles. The molecule has 0 amide bonds. The topological polar surface area (TPSA) is 95.8 Å². The Labute approximate surface area is 285 Å². The first kappa shape index (κ1) is 36.8. The van der Waals surface area contributed by atoms with Crippen LogP contribution in [-0.4, -0.2) is 74.3 Å². The second-order valence-corrected chi connectivity index (χ2v) is 12.1. The third kappa shape index (κ3) is 13.2. The van der Waals surface area contributed by atoms with Gasteiger partial charge in [0.1, 0.15) is 36.2 Å². The van der Waals surface area contributed by atoms with Gasteiger partial charge in [-0.2, -0.15) is 0 Å². The average molecular weight is 659 g/mol. The van der Waals surface area contributed by atoms with Gasteiger partial charge in [-0.1, -0.05) is 48.5 Å². The van der Waals surface area contributed by atoms with Gasteiger partial charge in [0, 0.05) is 0 Å². The van der Waals surface area contributed by atoms with E-state index in [9.17, 15) is 10.2 Å². The summed E-state index contributed by atoms with van der Waals surface area (Å²) < 4.78 is 34.6. The van der Waals surface area contributed by atoms with Crippen molar-refractivity contribution in [1.82, 2.24) is 0 Å². The van der Waals surface area contributed by atoms with E-state index in [0.717, 1.165) is 58.1 Å². The molecule has 8 heteroatoms. The Hall–Kier alpha value is -4.08. The van der Waals surface area contributed by atoms with Crippen molar-refractivity contribution in [2.24, 2.45) is 0 Å². The SMILES string of the molecule is CC(O)COC(C)COc1ccc(-c2ccc(OCCCCOc3ccc(-c4ccc(OCC(C)OCC(C)O)cc4)cc3)cc2)cc1. The molecule has 4 atom stereocenters. The van der Waals surface area contributed by atoms with Crippen molar-refractivity contribution in [3.05, 3.63) is 97.1 Å². The Kier molecular flexibility index (Phi) is 15.1. The Morgan fingerprint density at radius 2 is 0.667 bits per heavy atom. The van der Waals surface area contributed by atoms with Crippen LogP contribution >= 0.6 is 0 Å². The number of aliphatic hydroxyl groups is 2. The molecule has 0 aliphatic rings. The molecule has 4 rings (SSSR count). The van der Waals surface area contributed by atoms with E-state index >= 15 is 0 Å². The Balaban J connectivity index is 1.10. The highest BCUT2D eigenvalue weighted by Gasteiger charge is 2.08. The molecule has 0 saturated carbocycles. The molecule has 4 unspecified atom stereocenters. The zero-order valence-electron chi connectivity index (χ0n) is 28.5. The zero-order chi connectivity index (χ0) is 34.1. The first-order valence-corrected chi connectivity index (χ1v) is 16.8. The van der Waals surface area contributed by atoms with Crippen LogP contribution in [0.25, 0.3) is 22.3 Å². The lowest BCUT2D eigenvalue weighted by molar-refractivity contribution is -0.0132. The van der Waals surface area contributed by atoms with Gasteiger partial charge in [0.05, 0.1) is 50.8 Å². The zero-order valence-corrected chi connectivity index (χ0v) is 28.5. The van der Waals surface area contributed by atoms with Gasteiger partial charge in [-0.25, -0.2) is 0 Å². The van der Waals surface area contributed by atoms with Crippen molar-refractivity contribution < 1.29 is 38.6 Å². The molecule has 0 radical (unpaired) electrons. The van der Waals surface area contributed by atoms with Crippen molar-refractivity contribution in [1.29, 1.82) is 0 Å². The van der Waals surface area contributed by atoms with Crippen molar-refractivity contribution in [2.45, 2.75) is 65.0 Å². The van der Waals surface area contributed by atoms with Crippen molar-refractivity contribution in [2.75, 3.05) is 39.6 Å². The molecule has 0 spiro atoms. The Morgan fingerprint density at radius 1 is 0.396 bits per heavy atom. The van der Waals surface area contributed by atoms with Crippen LogP contribution < -0.4 is 18.9 Å². The highest BCUT2D eigenvalue weighted by atomic mass is 16.5. The van der Waals surface area contributed by atoms with Gasteiger partial charge in [-0.15, -0.1) is 0 Å². The predicted octanol–water partition coefficient (Wildman–Crippen LogP) is 7.59. The van der Waals surface area contributed by atoms with Crippen LogP contribution in [0.2, 0.25) is 0 Å². The predicted molar refractivity (Wildman–Crippen MR) is 189 cm³/mol. The summed E-state index contributed by atoms with van der Waals surface area (Å²) >= 11 is 0. The summed E-state index contributed by atoms with van der Waals surface area (Å²) in [4.78, 5) is 0.